The lowest BCUT2D eigenvalue weighted by Crippen LogP contribution is -2.24. The highest BCUT2D eigenvalue weighted by atomic mass is 35.5. The van der Waals surface area contributed by atoms with Gasteiger partial charge in [0.1, 0.15) is 0 Å². The third kappa shape index (κ3) is 3.97. The van der Waals surface area contributed by atoms with Crippen LogP contribution in [0.15, 0.2) is 48.5 Å². The van der Waals surface area contributed by atoms with Crippen LogP contribution in [-0.2, 0) is 0 Å². The summed E-state index contributed by atoms with van der Waals surface area (Å²) in [7, 11) is 0. The molecule has 106 valence electrons. The quantitative estimate of drug-likeness (QED) is 0.859. The van der Waals surface area contributed by atoms with E-state index in [1.165, 1.54) is 5.56 Å². The largest absolute Gasteiger partial charge is 0.387 e. The first-order valence-corrected chi connectivity index (χ1v) is 7.25. The van der Waals surface area contributed by atoms with Gasteiger partial charge in [0.15, 0.2) is 0 Å². The van der Waals surface area contributed by atoms with Crippen molar-refractivity contribution in [3.63, 3.8) is 0 Å². The fourth-order valence-corrected chi connectivity index (χ4v) is 2.45. The van der Waals surface area contributed by atoms with Gasteiger partial charge in [-0.15, -0.1) is 0 Å². The van der Waals surface area contributed by atoms with Crippen molar-refractivity contribution in [3.8, 4) is 0 Å². The highest BCUT2D eigenvalue weighted by Crippen LogP contribution is 2.26. The number of halogens is 2. The average molecular weight is 310 g/mol. The first kappa shape index (κ1) is 15.3. The fraction of sp³-hybridized carbons (Fsp3) is 0.250. The second-order valence-corrected chi connectivity index (χ2v) is 5.57. The molecule has 0 radical (unpaired) electrons. The minimum atomic E-state index is -0.688. The fourth-order valence-electron chi connectivity index (χ4n) is 2.03. The van der Waals surface area contributed by atoms with Gasteiger partial charge in [0.2, 0.25) is 0 Å². The molecule has 0 spiro atoms. The van der Waals surface area contributed by atoms with E-state index in [9.17, 15) is 5.11 Å². The van der Waals surface area contributed by atoms with Crippen LogP contribution in [0.5, 0.6) is 0 Å². The number of aliphatic hydroxyl groups is 1. The summed E-state index contributed by atoms with van der Waals surface area (Å²) in [5.74, 6) is 0. The summed E-state index contributed by atoms with van der Waals surface area (Å²) in [4.78, 5) is 0. The van der Waals surface area contributed by atoms with Crippen LogP contribution in [0.2, 0.25) is 10.0 Å². The highest BCUT2D eigenvalue weighted by Gasteiger charge is 2.13. The molecule has 2 nitrogen and oxygen atoms in total. The second-order valence-electron chi connectivity index (χ2n) is 4.72. The molecule has 0 amide bonds. The lowest BCUT2D eigenvalue weighted by molar-refractivity contribution is 0.171. The summed E-state index contributed by atoms with van der Waals surface area (Å²) in [5, 5.41) is 14.6. The summed E-state index contributed by atoms with van der Waals surface area (Å²) in [5.41, 5.74) is 1.82. The number of hydrogen-bond acceptors (Lipinski definition) is 2. The van der Waals surface area contributed by atoms with Gasteiger partial charge >= 0.3 is 0 Å². The summed E-state index contributed by atoms with van der Waals surface area (Å²) in [6.45, 7) is 2.47. The second kappa shape index (κ2) is 7.09. The van der Waals surface area contributed by atoms with Crippen LogP contribution >= 0.6 is 23.2 Å². The highest BCUT2D eigenvalue weighted by molar-refractivity contribution is 6.33. The van der Waals surface area contributed by atoms with Crippen LogP contribution in [-0.4, -0.2) is 11.7 Å². The lowest BCUT2D eigenvalue weighted by atomic mass is 10.1. The van der Waals surface area contributed by atoms with E-state index in [-0.39, 0.29) is 6.04 Å². The molecule has 2 N–H and O–H groups in total. The summed E-state index contributed by atoms with van der Waals surface area (Å²) in [6.07, 6.45) is -0.688. The third-order valence-electron chi connectivity index (χ3n) is 3.23. The van der Waals surface area contributed by atoms with Crippen molar-refractivity contribution in [3.05, 3.63) is 69.7 Å². The summed E-state index contributed by atoms with van der Waals surface area (Å²) in [6, 6.07) is 15.3. The topological polar surface area (TPSA) is 32.3 Å². The Morgan fingerprint density at radius 1 is 1.10 bits per heavy atom. The molecule has 2 rings (SSSR count). The van der Waals surface area contributed by atoms with Gasteiger partial charge in [-0.05, 0) is 30.7 Å². The first-order valence-electron chi connectivity index (χ1n) is 6.49. The summed E-state index contributed by atoms with van der Waals surface area (Å²) < 4.78 is 0. The van der Waals surface area contributed by atoms with Gasteiger partial charge in [-0.3, -0.25) is 0 Å². The van der Waals surface area contributed by atoms with Gasteiger partial charge in [0, 0.05) is 28.2 Å². The molecule has 2 aromatic carbocycles. The molecule has 2 atom stereocenters. The molecule has 4 heteroatoms. The maximum absolute atomic E-state index is 10.2. The van der Waals surface area contributed by atoms with Gasteiger partial charge in [0.25, 0.3) is 0 Å². The number of nitrogens with one attached hydrogen (secondary N) is 1. The predicted octanol–water partition coefficient (Wildman–Crippen LogP) is 4.38. The Kier molecular flexibility index (Phi) is 5.44. The number of rotatable bonds is 5. The van der Waals surface area contributed by atoms with Crippen LogP contribution in [0.4, 0.5) is 0 Å². The molecule has 0 saturated carbocycles. The monoisotopic (exact) mass is 309 g/mol. The van der Waals surface area contributed by atoms with Gasteiger partial charge in [-0.1, -0.05) is 53.5 Å². The van der Waals surface area contributed by atoms with E-state index in [0.717, 1.165) is 0 Å². The van der Waals surface area contributed by atoms with Crippen molar-refractivity contribution >= 4 is 23.2 Å². The molecule has 0 saturated heterocycles. The van der Waals surface area contributed by atoms with Gasteiger partial charge in [-0.2, -0.15) is 0 Å². The number of hydrogen-bond donors (Lipinski definition) is 2. The SMILES string of the molecule is C[C@@H](NCC(O)c1cc(Cl)ccc1Cl)c1ccccc1. The minimum Gasteiger partial charge on any atom is -0.387 e. The molecule has 1 unspecified atom stereocenters. The maximum atomic E-state index is 10.2. The molecule has 0 fully saturated rings. The van der Waals surface area contributed by atoms with E-state index in [2.05, 4.69) is 24.4 Å². The maximum Gasteiger partial charge on any atom is 0.0929 e. The lowest BCUT2D eigenvalue weighted by Gasteiger charge is -2.18. The van der Waals surface area contributed by atoms with Gasteiger partial charge in [0.05, 0.1) is 6.10 Å². The third-order valence-corrected chi connectivity index (χ3v) is 3.81. The molecule has 0 aliphatic rings. The Labute approximate surface area is 129 Å². The Morgan fingerprint density at radius 3 is 2.50 bits per heavy atom. The van der Waals surface area contributed by atoms with Crippen molar-refractivity contribution in [2.75, 3.05) is 6.54 Å². The molecule has 0 aromatic heterocycles. The molecule has 20 heavy (non-hydrogen) atoms. The molecule has 0 aliphatic heterocycles. The van der Waals surface area contributed by atoms with Crippen molar-refractivity contribution in [2.45, 2.75) is 19.1 Å². The zero-order valence-electron chi connectivity index (χ0n) is 11.2. The predicted molar refractivity (Wildman–Crippen MR) is 84.3 cm³/mol. The van der Waals surface area contributed by atoms with E-state index in [1.807, 2.05) is 18.2 Å². The molecular weight excluding hydrogens is 293 g/mol. The van der Waals surface area contributed by atoms with Crippen molar-refractivity contribution in [1.82, 2.24) is 5.32 Å². The van der Waals surface area contributed by atoms with E-state index in [4.69, 9.17) is 23.2 Å². The van der Waals surface area contributed by atoms with Crippen molar-refractivity contribution in [2.24, 2.45) is 0 Å². The van der Waals surface area contributed by atoms with Crippen molar-refractivity contribution in [1.29, 1.82) is 0 Å². The normalized spacial score (nSPS) is 14.0. The van der Waals surface area contributed by atoms with Crippen LogP contribution in [0.1, 0.15) is 30.2 Å². The van der Waals surface area contributed by atoms with Gasteiger partial charge < -0.3 is 10.4 Å². The number of benzene rings is 2. The Bertz CT molecular complexity index is 560. The molecular formula is C16H17Cl2NO. The van der Waals surface area contributed by atoms with Gasteiger partial charge in [-0.25, -0.2) is 0 Å². The minimum absolute atomic E-state index is 0.156. The zero-order valence-corrected chi connectivity index (χ0v) is 12.7. The van der Waals surface area contributed by atoms with E-state index >= 15 is 0 Å². The molecule has 0 aliphatic carbocycles. The van der Waals surface area contributed by atoms with E-state index in [1.54, 1.807) is 18.2 Å². The summed E-state index contributed by atoms with van der Waals surface area (Å²) >= 11 is 12.0. The zero-order chi connectivity index (χ0) is 14.5. The van der Waals surface area contributed by atoms with Crippen LogP contribution < -0.4 is 5.32 Å². The van der Waals surface area contributed by atoms with Crippen LogP contribution in [0.25, 0.3) is 0 Å². The average Bonchev–Trinajstić information content (AvgIpc) is 2.47. The Morgan fingerprint density at radius 2 is 1.80 bits per heavy atom. The smallest absolute Gasteiger partial charge is 0.0929 e. The molecule has 0 bridgehead atoms. The van der Waals surface area contributed by atoms with Crippen molar-refractivity contribution < 1.29 is 5.11 Å². The van der Waals surface area contributed by atoms with E-state index < -0.39 is 6.10 Å². The van der Waals surface area contributed by atoms with Crippen LogP contribution in [0.3, 0.4) is 0 Å². The Balaban J connectivity index is 1.98. The number of aliphatic hydroxyl groups excluding tert-OH is 1. The molecule has 2 aromatic rings. The standard InChI is InChI=1S/C16H17Cl2NO/c1-11(12-5-3-2-4-6-12)19-10-16(20)14-9-13(17)7-8-15(14)18/h2-9,11,16,19-20H,10H2,1H3/t11-,16?/m1/s1. The van der Waals surface area contributed by atoms with Crippen LogP contribution in [0, 0.1) is 0 Å². The molecule has 0 heterocycles. The Hall–Kier alpha value is -1.06. The van der Waals surface area contributed by atoms with E-state index in [0.29, 0.717) is 22.2 Å². The first-order chi connectivity index (χ1) is 9.58.